The Labute approximate surface area is 377 Å². The number of amides is 2. The van der Waals surface area contributed by atoms with E-state index in [-0.39, 0.29) is 54.2 Å². The quantitative estimate of drug-likeness (QED) is 0.0358. The zero-order chi connectivity index (χ0) is 48.5. The number of rotatable bonds is 19. The molecule has 1 aliphatic carbocycles. The van der Waals surface area contributed by atoms with Gasteiger partial charge in [-0.3, -0.25) is 14.1 Å². The minimum absolute atomic E-state index is 0.0294. The number of nitrogens with zero attached hydrogens (tertiary/aromatic N) is 3. The lowest BCUT2D eigenvalue weighted by Crippen LogP contribution is -2.37. The fourth-order valence-corrected chi connectivity index (χ4v) is 10.9. The van der Waals surface area contributed by atoms with Gasteiger partial charge in [0, 0.05) is 48.3 Å². The summed E-state index contributed by atoms with van der Waals surface area (Å²) in [6.07, 6.45) is -4.67. The van der Waals surface area contributed by atoms with E-state index in [1.807, 2.05) is 0 Å². The molecule has 3 aromatic carbocycles. The lowest BCUT2D eigenvalue weighted by molar-refractivity contribution is -0.138. The van der Waals surface area contributed by atoms with Crippen LogP contribution in [-0.4, -0.2) is 111 Å². The van der Waals surface area contributed by atoms with Crippen LogP contribution in [-0.2, 0) is 53.1 Å². The highest BCUT2D eigenvalue weighted by Crippen LogP contribution is 2.67. The maximum Gasteiger partial charge on any atom is 0.490 e. The Kier molecular flexibility index (Phi) is 14.5. The van der Waals surface area contributed by atoms with Gasteiger partial charge < -0.3 is 65.4 Å². The number of nitrogens with one attached hydrogen (secondary N) is 3. The number of anilines is 1. The Hall–Kier alpha value is -5.43. The van der Waals surface area contributed by atoms with E-state index in [1.54, 1.807) is 42.5 Å². The number of unbranched alkanes of at least 4 members (excludes halogenated alkanes) is 2. The number of fused-ring (bicyclic) bond motifs is 6. The predicted octanol–water partition coefficient (Wildman–Crippen LogP) is 1.24. The van der Waals surface area contributed by atoms with Crippen LogP contribution < -0.4 is 21.6 Å². The van der Waals surface area contributed by atoms with E-state index in [4.69, 9.17) is 19.3 Å². The summed E-state index contributed by atoms with van der Waals surface area (Å²) in [5.41, 5.74) is 1.19. The number of phenols is 2. The first-order chi connectivity index (χ1) is 31.6. The van der Waals surface area contributed by atoms with E-state index in [2.05, 4.69) is 39.2 Å². The summed E-state index contributed by atoms with van der Waals surface area (Å²) in [6.45, 7) is 0.781. The number of benzene rings is 3. The Balaban J connectivity index is 0.816. The van der Waals surface area contributed by atoms with Gasteiger partial charge in [0.1, 0.15) is 23.7 Å². The second-order valence-electron chi connectivity index (χ2n) is 15.3. The monoisotopic (exact) mass is 996 g/mol. The van der Waals surface area contributed by atoms with E-state index in [0.29, 0.717) is 76.7 Å². The standard InChI is InChI=1S/C38H43N6O20P3/c45-23-7-10-26-21(16-23)15-22-17-24(46)8-11-27(22)38(26)28-18-20(6-9-25(28)35(51)61-38)33(50)41-12-3-1-2-5-30(47)40-14-4-13-39-29-19-42-44(37(52)43-29)34-31(48)32(49)36(60-34)62-66(56,57)64-67(58,59)63-65(53,54)55/h6-11,16-19,31-32,34,36,45-46,48-49H,1-5,12-15H2,(H,40,47)(H,41,50)(H,56,57)(H,58,59)(H,39,43,52)(H2,53,54,55). The average Bonchev–Trinajstić information content (AvgIpc) is 3.67. The van der Waals surface area contributed by atoms with Crippen LogP contribution in [0, 0.1) is 0 Å². The number of phosphoric ester groups is 1. The number of esters is 1. The molecule has 2 amide bonds. The number of aromatic hydroxyl groups is 2. The number of carbonyl (C=O) groups is 3. The summed E-state index contributed by atoms with van der Waals surface area (Å²) in [7, 11) is -17.4. The first-order valence-corrected chi connectivity index (χ1v) is 24.7. The number of phenolic OH excluding ortho intramolecular Hbond substituents is 2. The van der Waals surface area contributed by atoms with Crippen LogP contribution in [0.5, 0.6) is 11.5 Å². The molecule has 0 bridgehead atoms. The number of ether oxygens (including phenoxy) is 2. The van der Waals surface area contributed by atoms with Crippen molar-refractivity contribution in [2.45, 2.75) is 68.9 Å². The molecule has 1 aromatic heterocycles. The van der Waals surface area contributed by atoms with Crippen LogP contribution in [0.15, 0.2) is 65.6 Å². The fourth-order valence-electron chi connectivity index (χ4n) is 7.76. The van der Waals surface area contributed by atoms with Crippen molar-refractivity contribution in [3.05, 3.63) is 110 Å². The molecular weight excluding hydrogens is 953 g/mol. The molecule has 360 valence electrons. The normalized spacial score (nSPS) is 21.0. The summed E-state index contributed by atoms with van der Waals surface area (Å²) < 4.78 is 57.7. The van der Waals surface area contributed by atoms with E-state index < -0.39 is 65.5 Å². The second-order valence-corrected chi connectivity index (χ2v) is 19.7. The second kappa shape index (κ2) is 19.7. The lowest BCUT2D eigenvalue weighted by atomic mass is 9.71. The molecule has 4 aromatic rings. The van der Waals surface area contributed by atoms with Crippen LogP contribution in [0.3, 0.4) is 0 Å². The van der Waals surface area contributed by atoms with Gasteiger partial charge in [-0.1, -0.05) is 18.6 Å². The molecule has 1 saturated heterocycles. The van der Waals surface area contributed by atoms with Crippen molar-refractivity contribution < 1.29 is 90.7 Å². The summed E-state index contributed by atoms with van der Waals surface area (Å²) in [6, 6.07) is 14.3. The third-order valence-corrected chi connectivity index (χ3v) is 14.4. The maximum absolute atomic E-state index is 13.3. The smallest absolute Gasteiger partial charge is 0.490 e. The third-order valence-electron chi connectivity index (χ3n) is 10.6. The molecule has 1 spiro atoms. The number of aliphatic hydroxyl groups excluding tert-OH is 2. The third kappa shape index (κ3) is 11.3. The number of phosphoric acid groups is 3. The molecule has 3 aliphatic rings. The van der Waals surface area contributed by atoms with Crippen molar-refractivity contribution in [3.8, 4) is 11.5 Å². The lowest BCUT2D eigenvalue weighted by Gasteiger charge is -2.37. The first kappa shape index (κ1) is 49.5. The Morgan fingerprint density at radius 3 is 2.12 bits per heavy atom. The molecule has 67 heavy (non-hydrogen) atoms. The summed E-state index contributed by atoms with van der Waals surface area (Å²) in [4.78, 5) is 91.7. The van der Waals surface area contributed by atoms with E-state index in [1.165, 1.54) is 12.1 Å². The number of hydrogen-bond donors (Lipinski definition) is 11. The van der Waals surface area contributed by atoms with Gasteiger partial charge >= 0.3 is 35.1 Å². The van der Waals surface area contributed by atoms with Gasteiger partial charge in [0.15, 0.2) is 23.9 Å². The van der Waals surface area contributed by atoms with Crippen molar-refractivity contribution in [3.63, 3.8) is 0 Å². The summed E-state index contributed by atoms with van der Waals surface area (Å²) in [5, 5.41) is 53.3. The molecule has 2 aliphatic heterocycles. The molecular formula is C38H43N6O20P3. The van der Waals surface area contributed by atoms with Gasteiger partial charge in [-0.05, 0) is 79.3 Å². The van der Waals surface area contributed by atoms with Crippen molar-refractivity contribution in [1.29, 1.82) is 0 Å². The first-order valence-electron chi connectivity index (χ1n) is 20.2. The highest BCUT2D eigenvalue weighted by atomic mass is 31.3. The SMILES string of the molecule is O=C(CCCCCNC(=O)c1ccc2c(c1)C1(OC2=O)c2ccc(O)cc2Cc2cc(O)ccc21)NCCCNc1cnn(C2OC(OP(=O)(O)OP(=O)(O)OP(=O)(O)O)C(O)C2O)c(=O)n1. The number of hydrogen-bond acceptors (Lipinski definition) is 19. The fraction of sp³-hybridized carbons (Fsp3) is 0.368. The van der Waals surface area contributed by atoms with Crippen LogP contribution >= 0.6 is 23.5 Å². The summed E-state index contributed by atoms with van der Waals surface area (Å²) in [5.74, 6) is -1.14. The van der Waals surface area contributed by atoms with Gasteiger partial charge in [-0.2, -0.15) is 23.4 Å². The molecule has 26 nitrogen and oxygen atoms in total. The zero-order valence-electron chi connectivity index (χ0n) is 34.6. The van der Waals surface area contributed by atoms with E-state index in [9.17, 15) is 63.1 Å². The van der Waals surface area contributed by atoms with Crippen molar-refractivity contribution >= 4 is 47.1 Å². The highest BCUT2D eigenvalue weighted by molar-refractivity contribution is 7.66. The molecule has 6 unspecified atom stereocenters. The van der Waals surface area contributed by atoms with Gasteiger partial charge in [0.05, 0.1) is 11.8 Å². The van der Waals surface area contributed by atoms with Gasteiger partial charge in [0.2, 0.25) is 5.91 Å². The number of aromatic nitrogens is 3. The highest BCUT2D eigenvalue weighted by Gasteiger charge is 2.53. The van der Waals surface area contributed by atoms with E-state index in [0.717, 1.165) is 6.20 Å². The molecule has 29 heteroatoms. The Morgan fingerprint density at radius 2 is 1.46 bits per heavy atom. The maximum atomic E-state index is 13.3. The molecule has 1 fully saturated rings. The largest absolute Gasteiger partial charge is 0.508 e. The molecule has 11 N–H and O–H groups in total. The topological polar surface area (TPSA) is 394 Å². The van der Waals surface area contributed by atoms with Crippen molar-refractivity contribution in [1.82, 2.24) is 25.4 Å². The van der Waals surface area contributed by atoms with Crippen LogP contribution in [0.1, 0.15) is 86.9 Å². The van der Waals surface area contributed by atoms with Crippen LogP contribution in [0.2, 0.25) is 0 Å². The molecule has 7 rings (SSSR count). The number of carbonyl (C=O) groups excluding carboxylic acids is 3. The van der Waals surface area contributed by atoms with Gasteiger partial charge in [0.25, 0.3) is 5.91 Å². The van der Waals surface area contributed by atoms with Gasteiger partial charge in [-0.25, -0.2) is 23.3 Å². The zero-order valence-corrected chi connectivity index (χ0v) is 37.3. The molecule has 3 heterocycles. The Bertz CT molecular complexity index is 2740. The van der Waals surface area contributed by atoms with Crippen LogP contribution in [0.25, 0.3) is 0 Å². The van der Waals surface area contributed by atoms with E-state index >= 15 is 0 Å². The Morgan fingerprint density at radius 1 is 0.791 bits per heavy atom. The van der Waals surface area contributed by atoms with Crippen molar-refractivity contribution in [2.24, 2.45) is 0 Å². The summed E-state index contributed by atoms with van der Waals surface area (Å²) >= 11 is 0. The minimum Gasteiger partial charge on any atom is -0.508 e. The van der Waals surface area contributed by atoms with Crippen LogP contribution in [0.4, 0.5) is 5.82 Å². The predicted molar refractivity (Wildman–Crippen MR) is 225 cm³/mol. The van der Waals surface area contributed by atoms with Crippen molar-refractivity contribution in [2.75, 3.05) is 25.0 Å². The average molecular weight is 997 g/mol. The molecule has 0 saturated carbocycles. The minimum atomic E-state index is -5.90. The number of aliphatic hydroxyl groups is 2. The molecule has 0 radical (unpaired) electrons. The van der Waals surface area contributed by atoms with Gasteiger partial charge in [-0.15, -0.1) is 0 Å². The molecule has 6 atom stereocenters.